The Bertz CT molecular complexity index is 1250. The van der Waals surface area contributed by atoms with E-state index >= 15 is 0 Å². The first-order valence-electron chi connectivity index (χ1n) is 9.27. The summed E-state index contributed by atoms with van der Waals surface area (Å²) in [5, 5.41) is 3.21. The van der Waals surface area contributed by atoms with E-state index in [1.54, 1.807) is 24.3 Å². The van der Waals surface area contributed by atoms with Gasteiger partial charge < -0.3 is 5.32 Å². The Morgan fingerprint density at radius 1 is 0.900 bits per heavy atom. The van der Waals surface area contributed by atoms with Crippen molar-refractivity contribution in [3.8, 4) is 11.3 Å². The molecule has 0 saturated heterocycles. The van der Waals surface area contributed by atoms with Gasteiger partial charge in [0.15, 0.2) is 0 Å². The third kappa shape index (κ3) is 4.03. The number of alkyl halides is 3. The summed E-state index contributed by atoms with van der Waals surface area (Å²) in [5.74, 6) is -0.498. The maximum Gasteiger partial charge on any atom is 0.416 e. The molecule has 0 aliphatic carbocycles. The third-order valence-corrected chi connectivity index (χ3v) is 4.72. The number of aryl methyl sites for hydroxylation is 1. The quantitative estimate of drug-likeness (QED) is 0.423. The average molecular weight is 406 g/mol. The zero-order chi connectivity index (χ0) is 21.3. The zero-order valence-electron chi connectivity index (χ0n) is 16.0. The lowest BCUT2D eigenvalue weighted by atomic mass is 10.0. The topological polar surface area (TPSA) is 42.0 Å². The summed E-state index contributed by atoms with van der Waals surface area (Å²) in [6.45, 7) is 1.96. The summed E-state index contributed by atoms with van der Waals surface area (Å²) in [4.78, 5) is 17.7. The molecule has 1 amide bonds. The van der Waals surface area contributed by atoms with E-state index in [-0.39, 0.29) is 5.69 Å². The zero-order valence-corrected chi connectivity index (χ0v) is 16.0. The summed E-state index contributed by atoms with van der Waals surface area (Å²) in [5.41, 5.74) is 2.76. The van der Waals surface area contributed by atoms with Crippen molar-refractivity contribution in [2.24, 2.45) is 0 Å². The van der Waals surface area contributed by atoms with Crippen LogP contribution in [-0.4, -0.2) is 10.9 Å². The third-order valence-electron chi connectivity index (χ3n) is 4.72. The van der Waals surface area contributed by atoms with Crippen molar-refractivity contribution in [1.29, 1.82) is 0 Å². The first-order valence-corrected chi connectivity index (χ1v) is 9.27. The molecule has 6 heteroatoms. The fourth-order valence-electron chi connectivity index (χ4n) is 3.29. The number of para-hydroxylation sites is 1. The fraction of sp³-hybridized carbons (Fsp3) is 0.0833. The molecule has 150 valence electrons. The van der Waals surface area contributed by atoms with Gasteiger partial charge in [0, 0.05) is 16.6 Å². The summed E-state index contributed by atoms with van der Waals surface area (Å²) < 4.78 is 39.0. The number of carbonyl (C=O) groups excluding carboxylic acids is 1. The van der Waals surface area contributed by atoms with Crippen LogP contribution in [0.3, 0.4) is 0 Å². The lowest BCUT2D eigenvalue weighted by Crippen LogP contribution is -2.14. The molecule has 0 aliphatic heterocycles. The first-order chi connectivity index (χ1) is 14.3. The van der Waals surface area contributed by atoms with Gasteiger partial charge in [0.05, 0.1) is 22.3 Å². The molecule has 3 aromatic carbocycles. The Labute approximate surface area is 171 Å². The van der Waals surface area contributed by atoms with E-state index < -0.39 is 17.6 Å². The van der Waals surface area contributed by atoms with E-state index in [2.05, 4.69) is 10.3 Å². The van der Waals surface area contributed by atoms with E-state index in [0.29, 0.717) is 22.2 Å². The number of pyridine rings is 1. The van der Waals surface area contributed by atoms with Gasteiger partial charge in [-0.3, -0.25) is 4.79 Å². The molecule has 0 fully saturated rings. The molecule has 0 bridgehead atoms. The van der Waals surface area contributed by atoms with Gasteiger partial charge in [0.2, 0.25) is 0 Å². The minimum absolute atomic E-state index is 0.0767. The smallest absolute Gasteiger partial charge is 0.322 e. The van der Waals surface area contributed by atoms with Crippen molar-refractivity contribution in [1.82, 2.24) is 4.98 Å². The second-order valence-electron chi connectivity index (χ2n) is 6.97. The Morgan fingerprint density at radius 2 is 1.67 bits per heavy atom. The molecule has 0 unspecified atom stereocenters. The van der Waals surface area contributed by atoms with E-state index in [4.69, 9.17) is 0 Å². The van der Waals surface area contributed by atoms with Gasteiger partial charge in [-0.15, -0.1) is 0 Å². The van der Waals surface area contributed by atoms with Crippen LogP contribution in [0.5, 0.6) is 0 Å². The number of aromatic nitrogens is 1. The number of hydrogen-bond donors (Lipinski definition) is 1. The van der Waals surface area contributed by atoms with Gasteiger partial charge in [-0.2, -0.15) is 13.2 Å². The molecule has 0 saturated carbocycles. The van der Waals surface area contributed by atoms with Crippen LogP contribution in [0.25, 0.3) is 22.2 Å². The van der Waals surface area contributed by atoms with Crippen molar-refractivity contribution < 1.29 is 18.0 Å². The molecule has 0 atom stereocenters. The Hall–Kier alpha value is -3.67. The number of nitrogens with one attached hydrogen (secondary N) is 1. The molecule has 1 aromatic heterocycles. The van der Waals surface area contributed by atoms with Gasteiger partial charge in [-0.25, -0.2) is 4.98 Å². The first kappa shape index (κ1) is 19.6. The number of rotatable bonds is 3. The lowest BCUT2D eigenvalue weighted by Gasteiger charge is -2.12. The number of halogens is 3. The average Bonchev–Trinajstić information content (AvgIpc) is 2.72. The van der Waals surface area contributed by atoms with Crippen LogP contribution in [0.1, 0.15) is 21.5 Å². The fourth-order valence-corrected chi connectivity index (χ4v) is 3.29. The lowest BCUT2D eigenvalue weighted by molar-refractivity contribution is -0.137. The van der Waals surface area contributed by atoms with Crippen molar-refractivity contribution in [2.45, 2.75) is 13.1 Å². The maximum atomic E-state index is 13.0. The molecular formula is C24H17F3N2O. The van der Waals surface area contributed by atoms with E-state index in [1.165, 1.54) is 12.1 Å². The molecule has 1 N–H and O–H groups in total. The SMILES string of the molecule is Cc1cccc(-c2cc(C(=O)Nc3cccc(C(F)(F)F)c3)c3ccccc3n2)c1. The minimum atomic E-state index is -4.48. The van der Waals surface area contributed by atoms with Crippen LogP contribution < -0.4 is 5.32 Å². The number of anilines is 1. The predicted octanol–water partition coefficient (Wildman–Crippen LogP) is 6.48. The Balaban J connectivity index is 1.77. The molecule has 4 rings (SSSR count). The van der Waals surface area contributed by atoms with Crippen LogP contribution >= 0.6 is 0 Å². The van der Waals surface area contributed by atoms with Gasteiger partial charge in [0.25, 0.3) is 5.91 Å². The van der Waals surface area contributed by atoms with Crippen molar-refractivity contribution in [3.05, 3.63) is 95.6 Å². The predicted molar refractivity (Wildman–Crippen MR) is 111 cm³/mol. The molecule has 0 spiro atoms. The van der Waals surface area contributed by atoms with E-state index in [9.17, 15) is 18.0 Å². The van der Waals surface area contributed by atoms with Gasteiger partial charge in [0.1, 0.15) is 0 Å². The molecular weight excluding hydrogens is 389 g/mol. The molecule has 4 aromatic rings. The summed E-state index contributed by atoms with van der Waals surface area (Å²) in [6.07, 6.45) is -4.48. The van der Waals surface area contributed by atoms with E-state index in [0.717, 1.165) is 23.3 Å². The summed E-state index contributed by atoms with van der Waals surface area (Å²) in [6, 6.07) is 21.2. The molecule has 30 heavy (non-hydrogen) atoms. The highest BCUT2D eigenvalue weighted by Gasteiger charge is 2.30. The molecule has 3 nitrogen and oxygen atoms in total. The minimum Gasteiger partial charge on any atom is -0.322 e. The highest BCUT2D eigenvalue weighted by molar-refractivity contribution is 6.13. The normalized spacial score (nSPS) is 11.5. The second kappa shape index (κ2) is 7.63. The van der Waals surface area contributed by atoms with Gasteiger partial charge in [-0.1, -0.05) is 48.0 Å². The molecule has 0 aliphatic rings. The highest BCUT2D eigenvalue weighted by Crippen LogP contribution is 2.31. The van der Waals surface area contributed by atoms with Gasteiger partial charge >= 0.3 is 6.18 Å². The monoisotopic (exact) mass is 406 g/mol. The summed E-state index contributed by atoms with van der Waals surface area (Å²) in [7, 11) is 0. The number of benzene rings is 3. The molecule has 1 heterocycles. The van der Waals surface area contributed by atoms with Crippen molar-refractivity contribution >= 4 is 22.5 Å². The molecule has 0 radical (unpaired) electrons. The van der Waals surface area contributed by atoms with Crippen LogP contribution in [0.15, 0.2) is 78.9 Å². The Kier molecular flexibility index (Phi) is 4.99. The number of amides is 1. The van der Waals surface area contributed by atoms with Crippen LogP contribution in [0, 0.1) is 6.92 Å². The van der Waals surface area contributed by atoms with E-state index in [1.807, 2.05) is 37.3 Å². The summed E-state index contributed by atoms with van der Waals surface area (Å²) >= 11 is 0. The number of nitrogens with zero attached hydrogens (tertiary/aromatic N) is 1. The maximum absolute atomic E-state index is 13.0. The second-order valence-corrected chi connectivity index (χ2v) is 6.97. The number of hydrogen-bond acceptors (Lipinski definition) is 2. The van der Waals surface area contributed by atoms with Crippen LogP contribution in [0.4, 0.5) is 18.9 Å². The number of carbonyl (C=O) groups is 1. The van der Waals surface area contributed by atoms with Gasteiger partial charge in [-0.05, 0) is 43.3 Å². The van der Waals surface area contributed by atoms with Crippen LogP contribution in [0.2, 0.25) is 0 Å². The Morgan fingerprint density at radius 3 is 2.43 bits per heavy atom. The van der Waals surface area contributed by atoms with Crippen molar-refractivity contribution in [3.63, 3.8) is 0 Å². The largest absolute Gasteiger partial charge is 0.416 e. The van der Waals surface area contributed by atoms with Crippen LogP contribution in [-0.2, 0) is 6.18 Å². The standard InChI is InChI=1S/C24H17F3N2O/c1-15-6-4-7-16(12-15)22-14-20(19-10-2-3-11-21(19)29-22)23(30)28-18-9-5-8-17(13-18)24(25,26)27/h2-14H,1H3,(H,28,30). The van der Waals surface area contributed by atoms with Crippen molar-refractivity contribution in [2.75, 3.05) is 5.32 Å². The number of fused-ring (bicyclic) bond motifs is 1. The highest BCUT2D eigenvalue weighted by atomic mass is 19.4.